The molecule has 1 rings (SSSR count). The van der Waals surface area contributed by atoms with Crippen LogP contribution in [-0.2, 0) is 9.16 Å². The number of rotatable bonds is 5. The summed E-state index contributed by atoms with van der Waals surface area (Å²) in [4.78, 5) is 0. The summed E-state index contributed by atoms with van der Waals surface area (Å²) in [5, 5.41) is 10.1. The van der Waals surface area contributed by atoms with E-state index in [1.807, 2.05) is 0 Å². The fourth-order valence-corrected chi connectivity index (χ4v) is 3.37. The first-order valence-electron chi connectivity index (χ1n) is 7.59. The molecule has 1 unspecified atom stereocenters. The van der Waals surface area contributed by atoms with Crippen molar-refractivity contribution in [2.75, 3.05) is 13.2 Å². The lowest BCUT2D eigenvalue weighted by Crippen LogP contribution is -2.41. The molecule has 0 saturated carbocycles. The van der Waals surface area contributed by atoms with Crippen molar-refractivity contribution >= 4 is 8.32 Å². The molecule has 3 nitrogen and oxygen atoms in total. The molecule has 3 atom stereocenters. The van der Waals surface area contributed by atoms with Gasteiger partial charge in [0.05, 0.1) is 6.61 Å². The van der Waals surface area contributed by atoms with Crippen LogP contribution in [0.2, 0.25) is 18.1 Å². The van der Waals surface area contributed by atoms with Crippen molar-refractivity contribution < 1.29 is 14.3 Å². The van der Waals surface area contributed by atoms with Gasteiger partial charge in [-0.25, -0.2) is 0 Å². The van der Waals surface area contributed by atoms with Crippen LogP contribution in [0.25, 0.3) is 0 Å². The largest absolute Gasteiger partial charge is 0.417 e. The predicted molar refractivity (Wildman–Crippen MR) is 81.6 cm³/mol. The van der Waals surface area contributed by atoms with E-state index in [1.54, 1.807) is 0 Å². The van der Waals surface area contributed by atoms with Gasteiger partial charge in [-0.3, -0.25) is 0 Å². The van der Waals surface area contributed by atoms with Gasteiger partial charge in [0.15, 0.2) is 14.6 Å². The molecule has 1 aliphatic heterocycles. The highest BCUT2D eigenvalue weighted by molar-refractivity contribution is 6.74. The summed E-state index contributed by atoms with van der Waals surface area (Å²) >= 11 is 0. The van der Waals surface area contributed by atoms with E-state index < -0.39 is 14.6 Å². The maximum atomic E-state index is 9.87. The van der Waals surface area contributed by atoms with Gasteiger partial charge in [0.2, 0.25) is 0 Å². The van der Waals surface area contributed by atoms with Crippen molar-refractivity contribution in [1.82, 2.24) is 0 Å². The van der Waals surface area contributed by atoms with Crippen LogP contribution in [0.15, 0.2) is 0 Å². The minimum Gasteiger partial charge on any atom is -0.417 e. The second-order valence-corrected chi connectivity index (χ2v) is 12.3. The van der Waals surface area contributed by atoms with Crippen LogP contribution >= 0.6 is 0 Å². The van der Waals surface area contributed by atoms with Gasteiger partial charge in [0.1, 0.15) is 0 Å². The third kappa shape index (κ3) is 4.85. The Morgan fingerprint density at radius 3 is 2.47 bits per heavy atom. The molecule has 114 valence electrons. The Morgan fingerprint density at radius 2 is 1.95 bits per heavy atom. The number of ether oxygens (including phenoxy) is 1. The average molecular weight is 289 g/mol. The van der Waals surface area contributed by atoms with Gasteiger partial charge in [0, 0.05) is 12.5 Å². The minimum absolute atomic E-state index is 0.272. The summed E-state index contributed by atoms with van der Waals surface area (Å²) in [6, 6.07) is 0. The number of aliphatic hydroxyl groups excluding tert-OH is 1. The summed E-state index contributed by atoms with van der Waals surface area (Å²) in [6.07, 6.45) is 2.50. The van der Waals surface area contributed by atoms with Crippen LogP contribution in [0.1, 0.15) is 47.0 Å². The zero-order valence-electron chi connectivity index (χ0n) is 13.5. The molecular formula is C15H32O3Si. The summed E-state index contributed by atoms with van der Waals surface area (Å²) in [7, 11) is -1.62. The fourth-order valence-electron chi connectivity index (χ4n) is 2.28. The molecule has 0 amide bonds. The van der Waals surface area contributed by atoms with Crippen LogP contribution in [0.5, 0.6) is 0 Å². The molecule has 19 heavy (non-hydrogen) atoms. The van der Waals surface area contributed by atoms with Gasteiger partial charge in [0.25, 0.3) is 0 Å². The van der Waals surface area contributed by atoms with E-state index >= 15 is 0 Å². The highest BCUT2D eigenvalue weighted by Crippen LogP contribution is 2.37. The monoisotopic (exact) mass is 288 g/mol. The minimum atomic E-state index is -1.62. The Balaban J connectivity index is 2.31. The van der Waals surface area contributed by atoms with Crippen molar-refractivity contribution in [2.24, 2.45) is 11.8 Å². The molecular weight excluding hydrogens is 256 g/mol. The molecule has 0 aromatic heterocycles. The van der Waals surface area contributed by atoms with Crippen molar-refractivity contribution in [3.05, 3.63) is 0 Å². The lowest BCUT2D eigenvalue weighted by Gasteiger charge is -2.37. The molecule has 0 bridgehead atoms. The van der Waals surface area contributed by atoms with E-state index in [2.05, 4.69) is 40.8 Å². The van der Waals surface area contributed by atoms with Crippen LogP contribution in [0.4, 0.5) is 0 Å². The van der Waals surface area contributed by atoms with Gasteiger partial charge in [-0.2, -0.15) is 0 Å². The summed E-state index contributed by atoms with van der Waals surface area (Å²) in [5.74, 6) is 0.827. The standard InChI is InChI=1S/C15H32O3Si/c1-12-9-11-17-14(16)13(12)8-7-10-18-19(5,6)15(2,3)4/h12-14,16H,7-11H2,1-6H3/t12-,13+,14?/m0/s1. The van der Waals surface area contributed by atoms with E-state index in [0.29, 0.717) is 12.5 Å². The smallest absolute Gasteiger partial charge is 0.191 e. The number of hydrogen-bond acceptors (Lipinski definition) is 3. The third-order valence-corrected chi connectivity index (χ3v) is 9.45. The topological polar surface area (TPSA) is 38.7 Å². The summed E-state index contributed by atoms with van der Waals surface area (Å²) < 4.78 is 11.5. The zero-order chi connectivity index (χ0) is 14.7. The van der Waals surface area contributed by atoms with Gasteiger partial charge in [-0.15, -0.1) is 0 Å². The van der Waals surface area contributed by atoms with Gasteiger partial charge in [-0.05, 0) is 43.3 Å². The van der Waals surface area contributed by atoms with E-state index in [1.165, 1.54) is 0 Å². The molecule has 0 spiro atoms. The van der Waals surface area contributed by atoms with Crippen LogP contribution in [-0.4, -0.2) is 32.9 Å². The predicted octanol–water partition coefficient (Wildman–Crippen LogP) is 3.78. The maximum Gasteiger partial charge on any atom is 0.191 e. The van der Waals surface area contributed by atoms with E-state index in [4.69, 9.17) is 9.16 Å². The lowest BCUT2D eigenvalue weighted by molar-refractivity contribution is -0.176. The molecule has 1 N–H and O–H groups in total. The Bertz CT molecular complexity index is 263. The second kappa shape index (κ2) is 6.70. The molecule has 1 saturated heterocycles. The Kier molecular flexibility index (Phi) is 6.05. The van der Waals surface area contributed by atoms with Gasteiger partial charge >= 0.3 is 0 Å². The molecule has 1 fully saturated rings. The van der Waals surface area contributed by atoms with Crippen molar-refractivity contribution in [3.8, 4) is 0 Å². The average Bonchev–Trinajstić information content (AvgIpc) is 2.25. The fraction of sp³-hybridized carbons (Fsp3) is 1.00. The van der Waals surface area contributed by atoms with E-state index in [-0.39, 0.29) is 11.0 Å². The Labute approximate surface area is 119 Å². The van der Waals surface area contributed by atoms with Gasteiger partial charge in [-0.1, -0.05) is 27.7 Å². The zero-order valence-corrected chi connectivity index (χ0v) is 14.5. The Hall–Kier alpha value is 0.0969. The van der Waals surface area contributed by atoms with Crippen LogP contribution in [0.3, 0.4) is 0 Å². The van der Waals surface area contributed by atoms with E-state index in [9.17, 15) is 5.11 Å². The molecule has 0 aromatic carbocycles. The van der Waals surface area contributed by atoms with Gasteiger partial charge < -0.3 is 14.3 Å². The normalized spacial score (nSPS) is 29.5. The number of aliphatic hydroxyl groups is 1. The molecule has 1 heterocycles. The Morgan fingerprint density at radius 1 is 1.32 bits per heavy atom. The summed E-state index contributed by atoms with van der Waals surface area (Å²) in [6.45, 7) is 15.1. The van der Waals surface area contributed by atoms with Crippen molar-refractivity contribution in [3.63, 3.8) is 0 Å². The molecule has 0 aromatic rings. The first-order chi connectivity index (χ1) is 8.65. The van der Waals surface area contributed by atoms with Crippen molar-refractivity contribution in [1.29, 1.82) is 0 Å². The third-order valence-electron chi connectivity index (χ3n) is 4.91. The van der Waals surface area contributed by atoms with E-state index in [0.717, 1.165) is 25.9 Å². The quantitative estimate of drug-likeness (QED) is 0.618. The SMILES string of the molecule is C[C@H]1CCOC(O)[C@@H]1CCCO[Si](C)(C)C(C)(C)C. The highest BCUT2D eigenvalue weighted by Gasteiger charge is 2.37. The van der Waals surface area contributed by atoms with Crippen LogP contribution < -0.4 is 0 Å². The lowest BCUT2D eigenvalue weighted by atomic mass is 9.85. The van der Waals surface area contributed by atoms with Crippen molar-refractivity contribution in [2.45, 2.75) is 71.4 Å². The molecule has 4 heteroatoms. The molecule has 0 aliphatic carbocycles. The highest BCUT2D eigenvalue weighted by atomic mass is 28.4. The number of hydrogen-bond donors (Lipinski definition) is 1. The summed E-state index contributed by atoms with van der Waals surface area (Å²) in [5.41, 5.74) is 0. The first kappa shape index (κ1) is 17.1. The first-order valence-corrected chi connectivity index (χ1v) is 10.5. The second-order valence-electron chi connectivity index (χ2n) is 7.44. The molecule has 0 radical (unpaired) electrons. The maximum absolute atomic E-state index is 9.87. The molecule has 1 aliphatic rings. The van der Waals surface area contributed by atoms with Crippen LogP contribution in [0, 0.1) is 11.8 Å².